The van der Waals surface area contributed by atoms with Crippen LogP contribution in [0.15, 0.2) is 48.7 Å². The van der Waals surface area contributed by atoms with Crippen LogP contribution in [-0.2, 0) is 6.18 Å². The van der Waals surface area contributed by atoms with E-state index in [4.69, 9.17) is 11.6 Å². The van der Waals surface area contributed by atoms with Crippen LogP contribution < -0.4 is 5.32 Å². The molecule has 0 radical (unpaired) electrons. The van der Waals surface area contributed by atoms with E-state index in [0.717, 1.165) is 12.1 Å². The minimum Gasteiger partial charge on any atom is -0.321 e. The summed E-state index contributed by atoms with van der Waals surface area (Å²) in [5.74, 6) is -0.584. The number of hydrogen-bond donors (Lipinski definition) is 1. The molecule has 1 aromatic carbocycles. The maximum atomic E-state index is 12.8. The van der Waals surface area contributed by atoms with Gasteiger partial charge in [0.25, 0.3) is 5.91 Å². The number of fused-ring (bicyclic) bond motifs is 1. The molecule has 2 aromatic heterocycles. The van der Waals surface area contributed by atoms with Gasteiger partial charge in [0, 0.05) is 16.9 Å². The van der Waals surface area contributed by atoms with Crippen molar-refractivity contribution in [1.29, 1.82) is 0 Å². The number of hydrogen-bond acceptors (Lipinski definition) is 2. The van der Waals surface area contributed by atoms with Crippen LogP contribution in [0.3, 0.4) is 0 Å². The number of benzene rings is 1. The molecule has 0 bridgehead atoms. The maximum Gasteiger partial charge on any atom is 0.416 e. The summed E-state index contributed by atoms with van der Waals surface area (Å²) in [4.78, 5) is 12.3. The minimum absolute atomic E-state index is 0.0410. The van der Waals surface area contributed by atoms with Crippen molar-refractivity contribution >= 4 is 28.7 Å². The average Bonchev–Trinajstić information content (AvgIpc) is 2.89. The molecule has 0 aliphatic rings. The van der Waals surface area contributed by atoms with Crippen molar-refractivity contribution in [3.05, 3.63) is 64.9 Å². The van der Waals surface area contributed by atoms with Gasteiger partial charge in [-0.05, 0) is 42.5 Å². The first-order valence-corrected chi connectivity index (χ1v) is 6.84. The molecule has 118 valence electrons. The van der Waals surface area contributed by atoms with Crippen molar-refractivity contribution in [3.63, 3.8) is 0 Å². The summed E-state index contributed by atoms with van der Waals surface area (Å²) < 4.78 is 39.7. The van der Waals surface area contributed by atoms with E-state index in [0.29, 0.717) is 5.52 Å². The van der Waals surface area contributed by atoms with Crippen molar-refractivity contribution in [2.45, 2.75) is 6.18 Å². The topological polar surface area (TPSA) is 46.4 Å². The fraction of sp³-hybridized carbons (Fsp3) is 0.0667. The van der Waals surface area contributed by atoms with Crippen molar-refractivity contribution in [3.8, 4) is 0 Å². The van der Waals surface area contributed by atoms with E-state index in [1.54, 1.807) is 18.2 Å². The Labute approximate surface area is 133 Å². The summed E-state index contributed by atoms with van der Waals surface area (Å²) in [7, 11) is 0. The number of alkyl halides is 3. The van der Waals surface area contributed by atoms with Gasteiger partial charge in [-0.1, -0.05) is 11.6 Å². The van der Waals surface area contributed by atoms with E-state index in [2.05, 4.69) is 10.4 Å². The predicted octanol–water partition coefficient (Wildman–Crippen LogP) is 4.26. The number of amides is 1. The fourth-order valence-electron chi connectivity index (χ4n) is 2.14. The monoisotopic (exact) mass is 339 g/mol. The molecule has 0 unspecified atom stereocenters. The summed E-state index contributed by atoms with van der Waals surface area (Å²) >= 11 is 5.69. The lowest BCUT2D eigenvalue weighted by Crippen LogP contribution is -2.16. The number of nitrogens with one attached hydrogen (secondary N) is 1. The number of carbonyl (C=O) groups is 1. The Bertz CT molecular complexity index is 889. The molecule has 1 N–H and O–H groups in total. The Hall–Kier alpha value is -2.54. The molecule has 0 aliphatic heterocycles. The maximum absolute atomic E-state index is 12.8. The second-order valence-electron chi connectivity index (χ2n) is 4.76. The molecule has 0 atom stereocenters. The third-order valence-electron chi connectivity index (χ3n) is 3.14. The smallest absolute Gasteiger partial charge is 0.321 e. The Morgan fingerprint density at radius 1 is 1.17 bits per heavy atom. The summed E-state index contributed by atoms with van der Waals surface area (Å²) in [6.45, 7) is 0. The first-order chi connectivity index (χ1) is 10.8. The quantitative estimate of drug-likeness (QED) is 0.758. The number of rotatable bonds is 2. The van der Waals surface area contributed by atoms with Gasteiger partial charge in [-0.3, -0.25) is 4.79 Å². The van der Waals surface area contributed by atoms with Crippen LogP contribution in [0.2, 0.25) is 5.02 Å². The Balaban J connectivity index is 1.93. The summed E-state index contributed by atoms with van der Waals surface area (Å²) in [5.41, 5.74) is -0.0759. The molecule has 3 aromatic rings. The zero-order valence-corrected chi connectivity index (χ0v) is 12.2. The molecule has 0 saturated heterocycles. The molecule has 8 heteroatoms. The molecule has 4 nitrogen and oxygen atoms in total. The van der Waals surface area contributed by atoms with E-state index in [-0.39, 0.29) is 16.4 Å². The standard InChI is InChI=1S/C15H9ClF3N3O/c16-10-6-9(15(17,18)19)7-11(8-10)21-14(23)13-4-3-12-2-1-5-20-22(12)13/h1-8H,(H,21,23). The summed E-state index contributed by atoms with van der Waals surface area (Å²) in [6.07, 6.45) is -3.04. The Kier molecular flexibility index (Phi) is 3.73. The van der Waals surface area contributed by atoms with Crippen molar-refractivity contribution < 1.29 is 18.0 Å². The minimum atomic E-state index is -4.55. The number of carbonyl (C=O) groups excluding carboxylic acids is 1. The van der Waals surface area contributed by atoms with Gasteiger partial charge in [0.05, 0.1) is 11.1 Å². The molecule has 23 heavy (non-hydrogen) atoms. The fourth-order valence-corrected chi connectivity index (χ4v) is 2.37. The van der Waals surface area contributed by atoms with Crippen LogP contribution in [0.4, 0.5) is 18.9 Å². The van der Waals surface area contributed by atoms with Crippen molar-refractivity contribution in [2.75, 3.05) is 5.32 Å². The predicted molar refractivity (Wildman–Crippen MR) is 79.6 cm³/mol. The lowest BCUT2D eigenvalue weighted by atomic mass is 10.2. The van der Waals surface area contributed by atoms with Crippen molar-refractivity contribution in [2.24, 2.45) is 0 Å². The lowest BCUT2D eigenvalue weighted by molar-refractivity contribution is -0.137. The number of halogens is 4. The summed E-state index contributed by atoms with van der Waals surface area (Å²) in [5, 5.41) is 6.32. The third-order valence-corrected chi connectivity index (χ3v) is 3.35. The van der Waals surface area contributed by atoms with Crippen LogP contribution in [0.5, 0.6) is 0 Å². The molecule has 0 aliphatic carbocycles. The SMILES string of the molecule is O=C(Nc1cc(Cl)cc(C(F)(F)F)c1)c1ccc2cccnn12. The van der Waals surface area contributed by atoms with E-state index < -0.39 is 17.6 Å². The van der Waals surface area contributed by atoms with Crippen LogP contribution >= 0.6 is 11.6 Å². The Morgan fingerprint density at radius 3 is 2.70 bits per heavy atom. The second kappa shape index (κ2) is 5.58. The second-order valence-corrected chi connectivity index (χ2v) is 5.20. The van der Waals surface area contributed by atoms with E-state index in [1.807, 2.05) is 0 Å². The Morgan fingerprint density at radius 2 is 1.96 bits per heavy atom. The van der Waals surface area contributed by atoms with Gasteiger partial charge in [0.15, 0.2) is 0 Å². The van der Waals surface area contributed by atoms with Crippen LogP contribution in [-0.4, -0.2) is 15.5 Å². The summed E-state index contributed by atoms with van der Waals surface area (Å²) in [6, 6.07) is 9.55. The van der Waals surface area contributed by atoms with E-state index in [9.17, 15) is 18.0 Å². The van der Waals surface area contributed by atoms with Crippen molar-refractivity contribution in [1.82, 2.24) is 9.61 Å². The highest BCUT2D eigenvalue weighted by molar-refractivity contribution is 6.31. The molecule has 0 saturated carbocycles. The first-order valence-electron chi connectivity index (χ1n) is 6.46. The van der Waals surface area contributed by atoms with Crippen LogP contribution in [0, 0.1) is 0 Å². The van der Waals surface area contributed by atoms with Gasteiger partial charge in [-0.15, -0.1) is 0 Å². The normalized spacial score (nSPS) is 11.7. The molecule has 0 fully saturated rings. The van der Waals surface area contributed by atoms with Gasteiger partial charge < -0.3 is 5.32 Å². The third kappa shape index (κ3) is 3.14. The highest BCUT2D eigenvalue weighted by Gasteiger charge is 2.31. The van der Waals surface area contributed by atoms with Gasteiger partial charge in [-0.25, -0.2) is 4.52 Å². The molecule has 3 rings (SSSR count). The van der Waals surface area contributed by atoms with E-state index in [1.165, 1.54) is 22.8 Å². The molecule has 2 heterocycles. The van der Waals surface area contributed by atoms with E-state index >= 15 is 0 Å². The molecular weight excluding hydrogens is 331 g/mol. The molecule has 1 amide bonds. The van der Waals surface area contributed by atoms with Gasteiger partial charge >= 0.3 is 6.18 Å². The van der Waals surface area contributed by atoms with Gasteiger partial charge in [0.2, 0.25) is 0 Å². The largest absolute Gasteiger partial charge is 0.416 e. The van der Waals surface area contributed by atoms with Crippen LogP contribution in [0.25, 0.3) is 5.52 Å². The average molecular weight is 340 g/mol. The number of anilines is 1. The number of aromatic nitrogens is 2. The number of nitrogens with zero attached hydrogens (tertiary/aromatic N) is 2. The highest BCUT2D eigenvalue weighted by atomic mass is 35.5. The zero-order chi connectivity index (χ0) is 16.6. The molecular formula is C15H9ClF3N3O. The first kappa shape index (κ1) is 15.4. The van der Waals surface area contributed by atoms with Gasteiger partial charge in [-0.2, -0.15) is 18.3 Å². The highest BCUT2D eigenvalue weighted by Crippen LogP contribution is 2.33. The zero-order valence-electron chi connectivity index (χ0n) is 11.4. The van der Waals surface area contributed by atoms with Crippen LogP contribution in [0.1, 0.15) is 16.1 Å². The molecule has 0 spiro atoms. The lowest BCUT2D eigenvalue weighted by Gasteiger charge is -2.11. The van der Waals surface area contributed by atoms with Gasteiger partial charge in [0.1, 0.15) is 5.69 Å².